The number of hydrogen-bond donors (Lipinski definition) is 0. The number of esters is 1. The van der Waals surface area contributed by atoms with Crippen LogP contribution in [0.2, 0.25) is 0 Å². The Labute approximate surface area is 98.9 Å². The van der Waals surface area contributed by atoms with E-state index in [2.05, 4.69) is 4.74 Å². The monoisotopic (exact) mass is 236 g/mol. The van der Waals surface area contributed by atoms with Crippen molar-refractivity contribution in [1.82, 2.24) is 0 Å². The summed E-state index contributed by atoms with van der Waals surface area (Å²) in [5.74, 6) is -1.18. The van der Waals surface area contributed by atoms with Gasteiger partial charge in [-0.25, -0.2) is 9.18 Å². The van der Waals surface area contributed by atoms with Crippen LogP contribution in [-0.2, 0) is 14.3 Å². The zero-order valence-corrected chi connectivity index (χ0v) is 9.70. The fourth-order valence-corrected chi connectivity index (χ4v) is 1.46. The Kier molecular flexibility index (Phi) is 4.57. The van der Waals surface area contributed by atoms with E-state index in [0.29, 0.717) is 5.56 Å². The topological polar surface area (TPSA) is 43.4 Å². The largest absolute Gasteiger partial charge is 0.465 e. The third kappa shape index (κ3) is 3.00. The van der Waals surface area contributed by atoms with Crippen molar-refractivity contribution in [2.75, 3.05) is 13.8 Å². The molecule has 0 spiro atoms. The van der Waals surface area contributed by atoms with Crippen LogP contribution in [0.5, 0.6) is 0 Å². The highest BCUT2D eigenvalue weighted by atomic mass is 19.1. The lowest BCUT2D eigenvalue weighted by Crippen LogP contribution is -2.12. The van der Waals surface area contributed by atoms with Crippen LogP contribution in [0.15, 0.2) is 35.9 Å². The molecule has 0 bridgehead atoms. The van der Waals surface area contributed by atoms with E-state index in [4.69, 9.17) is 0 Å². The van der Waals surface area contributed by atoms with Gasteiger partial charge in [-0.2, -0.15) is 0 Å². The van der Waals surface area contributed by atoms with Crippen LogP contribution in [0.3, 0.4) is 0 Å². The molecule has 1 aromatic rings. The van der Waals surface area contributed by atoms with Crippen molar-refractivity contribution in [3.8, 4) is 0 Å². The van der Waals surface area contributed by atoms with E-state index < -0.39 is 18.4 Å². The van der Waals surface area contributed by atoms with Gasteiger partial charge in [0.15, 0.2) is 5.78 Å². The molecule has 0 aliphatic heterocycles. The van der Waals surface area contributed by atoms with Crippen LogP contribution in [0.4, 0.5) is 4.39 Å². The summed E-state index contributed by atoms with van der Waals surface area (Å²) in [7, 11) is 1.20. The van der Waals surface area contributed by atoms with Crippen LogP contribution in [0.25, 0.3) is 5.57 Å². The molecule has 1 rings (SSSR count). The molecule has 3 nitrogen and oxygen atoms in total. The minimum absolute atomic E-state index is 0.0110. The maximum atomic E-state index is 12.9. The maximum absolute atomic E-state index is 12.9. The fraction of sp³-hybridized carbons (Fsp3) is 0.231. The van der Waals surface area contributed by atoms with Crippen LogP contribution in [0, 0.1) is 0 Å². The highest BCUT2D eigenvalue weighted by Crippen LogP contribution is 2.21. The molecule has 0 amide bonds. The molecular weight excluding hydrogens is 223 g/mol. The van der Waals surface area contributed by atoms with Crippen LogP contribution >= 0.6 is 0 Å². The van der Waals surface area contributed by atoms with Gasteiger partial charge in [-0.3, -0.25) is 4.79 Å². The van der Waals surface area contributed by atoms with Gasteiger partial charge < -0.3 is 4.74 Å². The zero-order valence-electron chi connectivity index (χ0n) is 9.70. The molecule has 0 aliphatic carbocycles. The van der Waals surface area contributed by atoms with E-state index >= 15 is 0 Å². The number of halogens is 1. The lowest BCUT2D eigenvalue weighted by molar-refractivity contribution is -0.134. The van der Waals surface area contributed by atoms with Crippen molar-refractivity contribution in [3.63, 3.8) is 0 Å². The number of ether oxygens (including phenoxy) is 1. The number of rotatable bonds is 4. The van der Waals surface area contributed by atoms with Gasteiger partial charge in [0.05, 0.1) is 12.7 Å². The summed E-state index contributed by atoms with van der Waals surface area (Å²) >= 11 is 0. The number of ketones is 1. The van der Waals surface area contributed by atoms with Gasteiger partial charge in [0.1, 0.15) is 6.67 Å². The first-order valence-electron chi connectivity index (χ1n) is 5.05. The first-order valence-corrected chi connectivity index (χ1v) is 5.05. The van der Waals surface area contributed by atoms with Gasteiger partial charge in [-0.15, -0.1) is 0 Å². The number of methoxy groups -OCH3 is 1. The van der Waals surface area contributed by atoms with Crippen LogP contribution < -0.4 is 0 Å². The summed E-state index contributed by atoms with van der Waals surface area (Å²) in [6.07, 6.45) is 0. The van der Waals surface area contributed by atoms with E-state index in [0.717, 1.165) is 0 Å². The molecule has 4 heteroatoms. The third-order valence-corrected chi connectivity index (χ3v) is 2.31. The van der Waals surface area contributed by atoms with Crippen molar-refractivity contribution >= 4 is 17.3 Å². The number of hydrogen-bond acceptors (Lipinski definition) is 3. The number of benzene rings is 1. The second-order valence-electron chi connectivity index (χ2n) is 3.40. The van der Waals surface area contributed by atoms with Crippen molar-refractivity contribution < 1.29 is 18.7 Å². The van der Waals surface area contributed by atoms with Gasteiger partial charge in [0, 0.05) is 5.57 Å². The Morgan fingerprint density at radius 3 is 2.24 bits per heavy atom. The minimum atomic E-state index is -0.991. The summed E-state index contributed by atoms with van der Waals surface area (Å²) in [4.78, 5) is 22.9. The molecule has 0 aromatic heterocycles. The molecule has 90 valence electrons. The molecule has 0 N–H and O–H groups in total. The lowest BCUT2D eigenvalue weighted by Gasteiger charge is -2.09. The standard InChI is InChI=1S/C13H13FO3/c1-9(15)11(8-14)12(13(16)17-2)10-6-4-3-5-7-10/h3-7H,8H2,1-2H3/b12-11+. The quantitative estimate of drug-likeness (QED) is 0.594. The molecule has 17 heavy (non-hydrogen) atoms. The average Bonchev–Trinajstić information content (AvgIpc) is 2.35. The summed E-state index contributed by atoms with van der Waals surface area (Å²) in [5.41, 5.74) is 0.299. The summed E-state index contributed by atoms with van der Waals surface area (Å²) in [6, 6.07) is 8.43. The second-order valence-corrected chi connectivity index (χ2v) is 3.40. The fourth-order valence-electron chi connectivity index (χ4n) is 1.46. The van der Waals surface area contributed by atoms with Crippen molar-refractivity contribution in [3.05, 3.63) is 41.5 Å². The Morgan fingerprint density at radius 2 is 1.82 bits per heavy atom. The van der Waals surface area contributed by atoms with E-state index in [1.54, 1.807) is 30.3 Å². The normalized spacial score (nSPS) is 11.7. The predicted octanol–water partition coefficient (Wildman–Crippen LogP) is 2.17. The van der Waals surface area contributed by atoms with Gasteiger partial charge in [0.25, 0.3) is 0 Å². The van der Waals surface area contributed by atoms with Gasteiger partial charge in [0.2, 0.25) is 0 Å². The number of allylic oxidation sites excluding steroid dienone is 1. The maximum Gasteiger partial charge on any atom is 0.338 e. The van der Waals surface area contributed by atoms with Crippen molar-refractivity contribution in [2.24, 2.45) is 0 Å². The molecule has 0 atom stereocenters. The first kappa shape index (κ1) is 13.1. The van der Waals surface area contributed by atoms with E-state index in [1.165, 1.54) is 14.0 Å². The molecule has 0 radical (unpaired) electrons. The molecule has 0 unspecified atom stereocenters. The summed E-state index contributed by atoms with van der Waals surface area (Å²) in [6.45, 7) is 0.232. The Balaban J connectivity index is 3.41. The van der Waals surface area contributed by atoms with E-state index in [-0.39, 0.29) is 11.1 Å². The Morgan fingerprint density at radius 1 is 1.24 bits per heavy atom. The first-order chi connectivity index (χ1) is 8.11. The SMILES string of the molecule is COC(=O)/C(=C(\CF)C(C)=O)c1ccccc1. The zero-order chi connectivity index (χ0) is 12.8. The molecule has 1 aromatic carbocycles. The second kappa shape index (κ2) is 5.94. The highest BCUT2D eigenvalue weighted by Gasteiger charge is 2.20. The van der Waals surface area contributed by atoms with E-state index in [1.807, 2.05) is 0 Å². The van der Waals surface area contributed by atoms with Gasteiger partial charge >= 0.3 is 5.97 Å². The van der Waals surface area contributed by atoms with E-state index in [9.17, 15) is 14.0 Å². The number of Topliss-reactive ketones (excluding diaryl/α,β-unsaturated/α-hetero) is 1. The van der Waals surface area contributed by atoms with Crippen molar-refractivity contribution in [2.45, 2.75) is 6.92 Å². The summed E-state index contributed by atoms with van der Waals surface area (Å²) < 4.78 is 17.4. The average molecular weight is 236 g/mol. The third-order valence-electron chi connectivity index (χ3n) is 2.31. The Bertz CT molecular complexity index is 449. The van der Waals surface area contributed by atoms with Gasteiger partial charge in [-0.1, -0.05) is 30.3 Å². The molecule has 0 fully saturated rings. The Hall–Kier alpha value is -1.97. The predicted molar refractivity (Wildman–Crippen MR) is 62.0 cm³/mol. The number of carbonyl (C=O) groups is 2. The highest BCUT2D eigenvalue weighted by molar-refractivity contribution is 6.23. The smallest absolute Gasteiger partial charge is 0.338 e. The molecule has 0 saturated carbocycles. The molecule has 0 heterocycles. The van der Waals surface area contributed by atoms with Crippen LogP contribution in [0.1, 0.15) is 12.5 Å². The number of alkyl halides is 1. The lowest BCUT2D eigenvalue weighted by atomic mass is 9.98. The molecular formula is C13H13FO3. The van der Waals surface area contributed by atoms with Crippen LogP contribution in [-0.4, -0.2) is 25.5 Å². The number of carbonyl (C=O) groups excluding carboxylic acids is 2. The minimum Gasteiger partial charge on any atom is -0.465 e. The van der Waals surface area contributed by atoms with Gasteiger partial charge in [-0.05, 0) is 12.5 Å². The van der Waals surface area contributed by atoms with Crippen molar-refractivity contribution in [1.29, 1.82) is 0 Å². The molecule has 0 saturated heterocycles. The molecule has 0 aliphatic rings. The summed E-state index contributed by atoms with van der Waals surface area (Å²) in [5, 5.41) is 0.